The van der Waals surface area contributed by atoms with Gasteiger partial charge in [-0.1, -0.05) is 206 Å². The predicted molar refractivity (Wildman–Crippen MR) is 219 cm³/mol. The van der Waals surface area contributed by atoms with Gasteiger partial charge in [0.25, 0.3) is 0 Å². The van der Waals surface area contributed by atoms with Gasteiger partial charge >= 0.3 is 13.8 Å². The van der Waals surface area contributed by atoms with Crippen molar-refractivity contribution in [2.75, 3.05) is 33.0 Å². The van der Waals surface area contributed by atoms with Gasteiger partial charge in [0.15, 0.2) is 0 Å². The van der Waals surface area contributed by atoms with E-state index in [0.717, 1.165) is 32.1 Å². The van der Waals surface area contributed by atoms with Crippen LogP contribution in [0.5, 0.6) is 0 Å². The van der Waals surface area contributed by atoms with Crippen LogP contribution in [0.2, 0.25) is 0 Å². The molecule has 0 aliphatic carbocycles. The van der Waals surface area contributed by atoms with E-state index in [1.54, 1.807) is 0 Å². The van der Waals surface area contributed by atoms with Crippen LogP contribution in [-0.2, 0) is 27.9 Å². The van der Waals surface area contributed by atoms with Gasteiger partial charge in [0, 0.05) is 13.0 Å². The Morgan fingerprint density at radius 1 is 0.509 bits per heavy atom. The lowest BCUT2D eigenvalue weighted by Crippen LogP contribution is -2.29. The van der Waals surface area contributed by atoms with E-state index in [1.165, 1.54) is 173 Å². The number of aliphatic hydroxyl groups excluding tert-OH is 2. The Balaban J connectivity index is 4.01. The molecule has 0 aliphatic heterocycles. The van der Waals surface area contributed by atoms with Crippen molar-refractivity contribution in [2.24, 2.45) is 0 Å². The molecular formula is C43H87O9P. The molecule has 9 nitrogen and oxygen atoms in total. The standard InChI is InChI=1S/C43H87O9P/c1-3-5-7-9-11-13-15-16-17-18-19-20-21-22-23-24-26-28-30-32-34-36-49-39-42(40-51-53(47,48)50-38-41(45)37-44)52-43(46)35-33-31-29-27-25-14-12-10-8-6-4-2/h41-42,44-45H,3-40H2,1-2H3,(H,47,48). The van der Waals surface area contributed by atoms with Crippen molar-refractivity contribution in [1.29, 1.82) is 0 Å². The number of carbonyl (C=O) groups is 1. The first kappa shape index (κ1) is 52.5. The van der Waals surface area contributed by atoms with Crippen molar-refractivity contribution in [1.82, 2.24) is 0 Å². The molecule has 3 N–H and O–H groups in total. The number of hydrogen-bond donors (Lipinski definition) is 3. The largest absolute Gasteiger partial charge is 0.472 e. The Morgan fingerprint density at radius 2 is 0.849 bits per heavy atom. The Bertz CT molecular complexity index is 800. The van der Waals surface area contributed by atoms with Crippen molar-refractivity contribution < 1.29 is 43.0 Å². The maximum absolute atomic E-state index is 12.6. The normalized spacial score (nSPS) is 14.0. The van der Waals surface area contributed by atoms with Crippen LogP contribution in [0.3, 0.4) is 0 Å². The molecule has 0 aliphatic rings. The van der Waals surface area contributed by atoms with Crippen molar-refractivity contribution in [3.63, 3.8) is 0 Å². The molecule has 53 heavy (non-hydrogen) atoms. The summed E-state index contributed by atoms with van der Waals surface area (Å²) in [6.45, 7) is 3.57. The number of hydrogen-bond acceptors (Lipinski definition) is 8. The summed E-state index contributed by atoms with van der Waals surface area (Å²) in [4.78, 5) is 22.5. The average Bonchev–Trinajstić information content (AvgIpc) is 3.15. The molecule has 0 heterocycles. The minimum atomic E-state index is -4.51. The molecule has 0 amide bonds. The highest BCUT2D eigenvalue weighted by Crippen LogP contribution is 2.43. The number of carbonyl (C=O) groups excluding carboxylic acids is 1. The molecule has 3 unspecified atom stereocenters. The number of esters is 1. The molecular weight excluding hydrogens is 691 g/mol. The Hall–Kier alpha value is -0.540. The Kier molecular flexibility index (Phi) is 40.7. The summed E-state index contributed by atoms with van der Waals surface area (Å²) in [5, 5.41) is 18.3. The summed E-state index contributed by atoms with van der Waals surface area (Å²) < 4.78 is 33.4. The van der Waals surface area contributed by atoms with Crippen LogP contribution in [0.4, 0.5) is 0 Å². The fourth-order valence-corrected chi connectivity index (χ4v) is 7.38. The van der Waals surface area contributed by atoms with Crippen molar-refractivity contribution in [3.8, 4) is 0 Å². The van der Waals surface area contributed by atoms with Gasteiger partial charge in [0.1, 0.15) is 12.2 Å². The smallest absolute Gasteiger partial charge is 0.457 e. The highest BCUT2D eigenvalue weighted by atomic mass is 31.2. The van der Waals surface area contributed by atoms with E-state index in [1.807, 2.05) is 0 Å². The summed E-state index contributed by atoms with van der Waals surface area (Å²) in [6.07, 6.45) is 39.3. The second kappa shape index (κ2) is 41.1. The summed E-state index contributed by atoms with van der Waals surface area (Å²) in [5.74, 6) is -0.378. The lowest BCUT2D eigenvalue weighted by Gasteiger charge is -2.20. The van der Waals surface area contributed by atoms with E-state index in [-0.39, 0.29) is 25.6 Å². The van der Waals surface area contributed by atoms with E-state index in [4.69, 9.17) is 23.6 Å². The van der Waals surface area contributed by atoms with E-state index in [0.29, 0.717) is 6.61 Å². The van der Waals surface area contributed by atoms with E-state index in [9.17, 15) is 19.4 Å². The first-order valence-electron chi connectivity index (χ1n) is 22.5. The second-order valence-electron chi connectivity index (χ2n) is 15.4. The van der Waals surface area contributed by atoms with Crippen LogP contribution in [0, 0.1) is 0 Å². The lowest BCUT2D eigenvalue weighted by molar-refractivity contribution is -0.154. The molecule has 0 bridgehead atoms. The van der Waals surface area contributed by atoms with Gasteiger partial charge in [-0.3, -0.25) is 13.8 Å². The first-order chi connectivity index (χ1) is 25.8. The SMILES string of the molecule is CCCCCCCCCCCCCCCCCCCCCCCOCC(COP(=O)(O)OCC(O)CO)OC(=O)CCCCCCCCCCCCC. The molecule has 0 rings (SSSR count). The molecule has 3 atom stereocenters. The van der Waals surface area contributed by atoms with Crippen LogP contribution >= 0.6 is 7.82 Å². The van der Waals surface area contributed by atoms with Gasteiger partial charge in [-0.15, -0.1) is 0 Å². The van der Waals surface area contributed by atoms with Crippen LogP contribution in [0.25, 0.3) is 0 Å². The maximum atomic E-state index is 12.6. The average molecular weight is 779 g/mol. The highest BCUT2D eigenvalue weighted by molar-refractivity contribution is 7.47. The third kappa shape index (κ3) is 40.9. The minimum Gasteiger partial charge on any atom is -0.457 e. The Labute approximate surface area is 327 Å². The fraction of sp³-hybridized carbons (Fsp3) is 0.977. The molecule has 0 aromatic heterocycles. The molecule has 0 aromatic rings. The monoisotopic (exact) mass is 779 g/mol. The minimum absolute atomic E-state index is 0.0580. The van der Waals surface area contributed by atoms with Crippen LogP contribution in [-0.4, -0.2) is 66.3 Å². The maximum Gasteiger partial charge on any atom is 0.472 e. The van der Waals surface area contributed by atoms with E-state index in [2.05, 4.69) is 13.8 Å². The lowest BCUT2D eigenvalue weighted by atomic mass is 10.0. The molecule has 318 valence electrons. The molecule has 0 saturated heterocycles. The summed E-state index contributed by atoms with van der Waals surface area (Å²) in [5.41, 5.74) is 0. The number of unbranched alkanes of at least 4 members (excludes halogenated alkanes) is 30. The zero-order valence-corrected chi connectivity index (χ0v) is 35.7. The van der Waals surface area contributed by atoms with Gasteiger partial charge in [-0.25, -0.2) is 4.57 Å². The quantitative estimate of drug-likeness (QED) is 0.0314. The fourth-order valence-electron chi connectivity index (χ4n) is 6.59. The number of phosphoric ester groups is 1. The van der Waals surface area contributed by atoms with Crippen LogP contribution in [0.15, 0.2) is 0 Å². The molecule has 10 heteroatoms. The topological polar surface area (TPSA) is 132 Å². The predicted octanol–water partition coefficient (Wildman–Crippen LogP) is 12.3. The molecule has 0 spiro atoms. The van der Waals surface area contributed by atoms with Gasteiger partial charge in [-0.2, -0.15) is 0 Å². The van der Waals surface area contributed by atoms with Crippen LogP contribution < -0.4 is 0 Å². The van der Waals surface area contributed by atoms with Gasteiger partial charge in [0.05, 0.1) is 26.4 Å². The van der Waals surface area contributed by atoms with Crippen molar-refractivity contribution in [3.05, 3.63) is 0 Å². The number of rotatable bonds is 44. The Morgan fingerprint density at radius 3 is 1.23 bits per heavy atom. The third-order valence-corrected chi connectivity index (χ3v) is 11.0. The van der Waals surface area contributed by atoms with Crippen molar-refractivity contribution in [2.45, 2.75) is 238 Å². The first-order valence-corrected chi connectivity index (χ1v) is 24.0. The number of ether oxygens (including phenoxy) is 2. The zero-order valence-electron chi connectivity index (χ0n) is 34.8. The van der Waals surface area contributed by atoms with Crippen molar-refractivity contribution >= 4 is 13.8 Å². The van der Waals surface area contributed by atoms with E-state index >= 15 is 0 Å². The summed E-state index contributed by atoms with van der Waals surface area (Å²) in [7, 11) is -4.51. The second-order valence-corrected chi connectivity index (χ2v) is 16.9. The van der Waals surface area contributed by atoms with Crippen LogP contribution in [0.1, 0.15) is 226 Å². The summed E-state index contributed by atoms with van der Waals surface area (Å²) >= 11 is 0. The number of aliphatic hydroxyl groups is 2. The highest BCUT2D eigenvalue weighted by Gasteiger charge is 2.26. The molecule has 0 radical (unpaired) electrons. The molecule has 0 fully saturated rings. The number of phosphoric acid groups is 1. The van der Waals surface area contributed by atoms with Gasteiger partial charge < -0.3 is 24.6 Å². The van der Waals surface area contributed by atoms with Gasteiger partial charge in [-0.05, 0) is 12.8 Å². The summed E-state index contributed by atoms with van der Waals surface area (Å²) in [6, 6.07) is 0. The van der Waals surface area contributed by atoms with Gasteiger partial charge in [0.2, 0.25) is 0 Å². The van der Waals surface area contributed by atoms with E-state index < -0.39 is 33.2 Å². The zero-order chi connectivity index (χ0) is 38.9. The third-order valence-electron chi connectivity index (χ3n) is 10.0. The molecule has 0 saturated carbocycles. The molecule has 0 aromatic carbocycles.